The van der Waals surface area contributed by atoms with Gasteiger partial charge in [-0.3, -0.25) is 4.90 Å². The lowest BCUT2D eigenvalue weighted by Gasteiger charge is -2.26. The van der Waals surface area contributed by atoms with Crippen molar-refractivity contribution in [2.45, 2.75) is 38.6 Å². The molecular weight excluding hydrogens is 248 g/mol. The quantitative estimate of drug-likeness (QED) is 0.828. The number of likely N-dealkylation sites (tertiary alicyclic amines) is 1. The molecule has 1 aliphatic rings. The van der Waals surface area contributed by atoms with Crippen molar-refractivity contribution < 1.29 is 4.74 Å². The number of nitrogens with zero attached hydrogens (tertiary/aromatic N) is 1. The molecule has 1 aromatic carbocycles. The lowest BCUT2D eigenvalue weighted by Crippen LogP contribution is -2.33. The normalized spacial score (nSPS) is 17.9. The smallest absolute Gasteiger partial charge is 0.119 e. The van der Waals surface area contributed by atoms with E-state index < -0.39 is 0 Å². The number of hydrogen-bond acceptors (Lipinski definition) is 3. The molecule has 0 aromatic heterocycles. The summed E-state index contributed by atoms with van der Waals surface area (Å²) in [6.07, 6.45) is 5.14. The maximum atomic E-state index is 5.84. The fourth-order valence-corrected chi connectivity index (χ4v) is 2.65. The molecule has 0 saturated carbocycles. The van der Waals surface area contributed by atoms with Gasteiger partial charge in [0, 0.05) is 12.6 Å². The van der Waals surface area contributed by atoms with Crippen molar-refractivity contribution >= 4 is 0 Å². The summed E-state index contributed by atoms with van der Waals surface area (Å²) in [5.74, 6) is 0.989. The van der Waals surface area contributed by atoms with Crippen molar-refractivity contribution in [2.24, 2.45) is 0 Å². The summed E-state index contributed by atoms with van der Waals surface area (Å²) in [4.78, 5) is 2.51. The molecule has 1 fully saturated rings. The number of hydrogen-bond donors (Lipinski definition) is 1. The monoisotopic (exact) mass is 276 g/mol. The topological polar surface area (TPSA) is 24.5 Å². The van der Waals surface area contributed by atoms with Crippen LogP contribution in [0, 0.1) is 0 Å². The molecule has 1 aliphatic heterocycles. The second-order valence-corrected chi connectivity index (χ2v) is 5.79. The summed E-state index contributed by atoms with van der Waals surface area (Å²) in [6.45, 7) is 6.53. The molecule has 0 spiro atoms. The van der Waals surface area contributed by atoms with Gasteiger partial charge in [-0.2, -0.15) is 0 Å². The van der Waals surface area contributed by atoms with E-state index in [0.717, 1.165) is 25.3 Å². The highest BCUT2D eigenvalue weighted by Gasteiger charge is 2.09. The number of nitrogens with one attached hydrogen (secondary N) is 1. The van der Waals surface area contributed by atoms with Gasteiger partial charge in [0.2, 0.25) is 0 Å². The number of ether oxygens (including phenoxy) is 1. The minimum absolute atomic E-state index is 0.515. The summed E-state index contributed by atoms with van der Waals surface area (Å²) >= 11 is 0. The second kappa shape index (κ2) is 8.28. The maximum absolute atomic E-state index is 5.84. The van der Waals surface area contributed by atoms with Crippen LogP contribution < -0.4 is 10.1 Å². The predicted octanol–water partition coefficient (Wildman–Crippen LogP) is 2.70. The first kappa shape index (κ1) is 15.3. The highest BCUT2D eigenvalue weighted by molar-refractivity contribution is 5.27. The fourth-order valence-electron chi connectivity index (χ4n) is 2.65. The van der Waals surface area contributed by atoms with Crippen LogP contribution in [-0.2, 0) is 6.42 Å². The van der Waals surface area contributed by atoms with Gasteiger partial charge in [-0.15, -0.1) is 0 Å². The molecule has 0 amide bonds. The molecule has 0 bridgehead atoms. The standard InChI is InChI=1S/C17H28N2O/c1-15(18-2)14-16-6-8-17(9-7-16)20-13-12-19-10-4-3-5-11-19/h6-9,15,18H,3-5,10-14H2,1-2H3. The second-order valence-electron chi connectivity index (χ2n) is 5.79. The third kappa shape index (κ3) is 5.14. The highest BCUT2D eigenvalue weighted by atomic mass is 16.5. The van der Waals surface area contributed by atoms with E-state index in [1.807, 2.05) is 7.05 Å². The predicted molar refractivity (Wildman–Crippen MR) is 84.5 cm³/mol. The first-order valence-electron chi connectivity index (χ1n) is 7.89. The van der Waals surface area contributed by atoms with Crippen LogP contribution in [0.15, 0.2) is 24.3 Å². The van der Waals surface area contributed by atoms with Crippen molar-refractivity contribution in [3.05, 3.63) is 29.8 Å². The first-order chi connectivity index (χ1) is 9.78. The third-order valence-corrected chi connectivity index (χ3v) is 4.08. The lowest BCUT2D eigenvalue weighted by atomic mass is 10.1. The van der Waals surface area contributed by atoms with Crippen LogP contribution in [0.2, 0.25) is 0 Å². The number of likely N-dealkylation sites (N-methyl/N-ethyl adjacent to an activating group) is 1. The molecule has 0 radical (unpaired) electrons. The molecule has 0 aliphatic carbocycles. The van der Waals surface area contributed by atoms with Crippen LogP contribution in [0.25, 0.3) is 0 Å². The van der Waals surface area contributed by atoms with Crippen molar-refractivity contribution in [1.29, 1.82) is 0 Å². The fraction of sp³-hybridized carbons (Fsp3) is 0.647. The van der Waals surface area contributed by atoms with E-state index >= 15 is 0 Å². The van der Waals surface area contributed by atoms with Crippen LogP contribution in [-0.4, -0.2) is 44.2 Å². The zero-order valence-corrected chi connectivity index (χ0v) is 12.9. The molecule has 20 heavy (non-hydrogen) atoms. The lowest BCUT2D eigenvalue weighted by molar-refractivity contribution is 0.183. The van der Waals surface area contributed by atoms with Crippen molar-refractivity contribution in [3.8, 4) is 5.75 Å². The maximum Gasteiger partial charge on any atom is 0.119 e. The zero-order valence-electron chi connectivity index (χ0n) is 12.9. The Kier molecular flexibility index (Phi) is 6.34. The summed E-state index contributed by atoms with van der Waals surface area (Å²) in [7, 11) is 2.00. The van der Waals surface area contributed by atoms with E-state index in [9.17, 15) is 0 Å². The Bertz CT molecular complexity index is 371. The molecule has 2 rings (SSSR count). The van der Waals surface area contributed by atoms with E-state index in [1.54, 1.807) is 0 Å². The SMILES string of the molecule is CNC(C)Cc1ccc(OCCN2CCCCC2)cc1. The Morgan fingerprint density at radius 3 is 2.50 bits per heavy atom. The van der Waals surface area contributed by atoms with Crippen LogP contribution >= 0.6 is 0 Å². The number of benzene rings is 1. The minimum atomic E-state index is 0.515. The Balaban J connectivity index is 1.70. The van der Waals surface area contributed by atoms with E-state index in [-0.39, 0.29) is 0 Å². The van der Waals surface area contributed by atoms with E-state index in [1.165, 1.54) is 37.9 Å². The van der Waals surface area contributed by atoms with Crippen molar-refractivity contribution in [3.63, 3.8) is 0 Å². The van der Waals surface area contributed by atoms with Gasteiger partial charge in [-0.25, -0.2) is 0 Å². The van der Waals surface area contributed by atoms with Crippen molar-refractivity contribution in [1.82, 2.24) is 10.2 Å². The Hall–Kier alpha value is -1.06. The molecule has 1 heterocycles. The summed E-state index contributed by atoms with van der Waals surface area (Å²) in [5, 5.41) is 3.26. The minimum Gasteiger partial charge on any atom is -0.492 e. The van der Waals surface area contributed by atoms with E-state index in [0.29, 0.717) is 6.04 Å². The molecule has 112 valence electrons. The van der Waals surface area contributed by atoms with Crippen LogP contribution in [0.1, 0.15) is 31.7 Å². The first-order valence-corrected chi connectivity index (χ1v) is 7.89. The zero-order chi connectivity index (χ0) is 14.2. The Labute approximate surface area is 123 Å². The molecule has 1 saturated heterocycles. The summed E-state index contributed by atoms with van der Waals surface area (Å²) in [6, 6.07) is 9.04. The molecule has 1 aromatic rings. The summed E-state index contributed by atoms with van der Waals surface area (Å²) in [5.41, 5.74) is 1.36. The van der Waals surface area contributed by atoms with Gasteiger partial charge in [0.05, 0.1) is 0 Å². The molecule has 1 atom stereocenters. The van der Waals surface area contributed by atoms with Gasteiger partial charge >= 0.3 is 0 Å². The average Bonchev–Trinajstić information content (AvgIpc) is 2.50. The molecular formula is C17H28N2O. The van der Waals surface area contributed by atoms with Gasteiger partial charge in [0.15, 0.2) is 0 Å². The van der Waals surface area contributed by atoms with E-state index in [4.69, 9.17) is 4.74 Å². The van der Waals surface area contributed by atoms with Crippen molar-refractivity contribution in [2.75, 3.05) is 33.3 Å². The van der Waals surface area contributed by atoms with Crippen LogP contribution in [0.4, 0.5) is 0 Å². The van der Waals surface area contributed by atoms with Crippen LogP contribution in [0.3, 0.4) is 0 Å². The summed E-state index contributed by atoms with van der Waals surface area (Å²) < 4.78 is 5.84. The van der Waals surface area contributed by atoms with E-state index in [2.05, 4.69) is 41.4 Å². The Morgan fingerprint density at radius 2 is 1.85 bits per heavy atom. The number of piperidine rings is 1. The highest BCUT2D eigenvalue weighted by Crippen LogP contribution is 2.14. The van der Waals surface area contributed by atoms with Gasteiger partial charge in [0.1, 0.15) is 12.4 Å². The van der Waals surface area contributed by atoms with Gasteiger partial charge in [-0.1, -0.05) is 18.6 Å². The molecule has 3 heteroatoms. The Morgan fingerprint density at radius 1 is 1.15 bits per heavy atom. The molecule has 3 nitrogen and oxygen atoms in total. The van der Waals surface area contributed by atoms with Gasteiger partial charge in [-0.05, 0) is 64.0 Å². The third-order valence-electron chi connectivity index (χ3n) is 4.08. The number of rotatable bonds is 7. The van der Waals surface area contributed by atoms with Gasteiger partial charge in [0.25, 0.3) is 0 Å². The largest absolute Gasteiger partial charge is 0.492 e. The van der Waals surface area contributed by atoms with Gasteiger partial charge < -0.3 is 10.1 Å². The average molecular weight is 276 g/mol. The molecule has 1 N–H and O–H groups in total. The van der Waals surface area contributed by atoms with Crippen LogP contribution in [0.5, 0.6) is 5.75 Å². The molecule has 1 unspecified atom stereocenters.